The summed E-state index contributed by atoms with van der Waals surface area (Å²) in [5, 5.41) is 96.6. The molecule has 8 aromatic heterocycles. The van der Waals surface area contributed by atoms with Crippen LogP contribution in [0.4, 0.5) is 4.79 Å². The van der Waals surface area contributed by atoms with Gasteiger partial charge in [-0.3, -0.25) is 45.2 Å². The number of pyridine rings is 2. The molecule has 30 nitrogen and oxygen atoms in total. The van der Waals surface area contributed by atoms with Crippen molar-refractivity contribution < 1.29 is 34.6 Å². The lowest BCUT2D eigenvalue weighted by Gasteiger charge is -2.41. The number of aliphatic hydroxyl groups excluding tert-OH is 2. The molecular weight excluding hydrogens is 2300 g/mol. The quantitative estimate of drug-likeness (QED) is 0.00445. The molecule has 11 unspecified atom stereocenters. The fraction of sp³-hybridized carbons (Fsp3) is 0.402. The summed E-state index contributed by atoms with van der Waals surface area (Å²) >= 11 is 12.3. The minimum atomic E-state index is -1.42. The highest BCUT2D eigenvalue weighted by atomic mass is 127. The summed E-state index contributed by atoms with van der Waals surface area (Å²) in [7, 11) is 2.42. The van der Waals surface area contributed by atoms with Crippen LogP contribution in [0.15, 0.2) is 215 Å². The number of dihydropyridines is 2. The predicted octanol–water partition coefficient (Wildman–Crippen LogP) is 18.6. The lowest BCUT2D eigenvalue weighted by molar-refractivity contribution is 0.0300. The van der Waals surface area contributed by atoms with Gasteiger partial charge in [0.05, 0.1) is 109 Å². The van der Waals surface area contributed by atoms with E-state index < -0.39 is 24.9 Å². The largest absolute Gasteiger partial charge is 0.489 e. The van der Waals surface area contributed by atoms with Gasteiger partial charge in [0.2, 0.25) is 0 Å². The van der Waals surface area contributed by atoms with Crippen LogP contribution in [0, 0.1) is 25.7 Å². The van der Waals surface area contributed by atoms with E-state index in [9.17, 15) is 29.9 Å². The fourth-order valence-corrected chi connectivity index (χ4v) is 24.2. The Balaban J connectivity index is 0.000000152. The minimum absolute atomic E-state index is 0.0100. The molecule has 4 aliphatic heterocycles. The van der Waals surface area contributed by atoms with E-state index in [-0.39, 0.29) is 55.9 Å². The maximum atomic E-state index is 12.9. The molecule has 144 heavy (non-hydrogen) atoms. The number of aliphatic imine (C=N–C) groups is 1. The van der Waals surface area contributed by atoms with Crippen molar-refractivity contribution in [1.29, 1.82) is 0 Å². The van der Waals surface area contributed by atoms with Crippen molar-refractivity contribution in [2.24, 2.45) is 32.8 Å². The lowest BCUT2D eigenvalue weighted by Crippen LogP contribution is -2.41. The van der Waals surface area contributed by atoms with Gasteiger partial charge in [-0.25, -0.2) is 4.79 Å². The molecule has 0 spiro atoms. The van der Waals surface area contributed by atoms with Gasteiger partial charge in [-0.1, -0.05) is 135 Å². The number of hydrogen-bond acceptors (Lipinski definition) is 26. The van der Waals surface area contributed by atoms with Crippen LogP contribution < -0.4 is 38.0 Å². The van der Waals surface area contributed by atoms with E-state index in [1.165, 1.54) is 56.0 Å². The average molecular weight is 2440 g/mol. The number of allylic oxidation sites excluding steroid dienone is 10. The molecule has 1 amide bonds. The zero-order valence-corrected chi connectivity index (χ0v) is 94.3. The van der Waals surface area contributed by atoms with Crippen LogP contribution in [0.2, 0.25) is 0 Å². The van der Waals surface area contributed by atoms with Crippen LogP contribution in [0.1, 0.15) is 215 Å². The maximum Gasteiger partial charge on any atom is 0.489 e. The topological polar surface area (TPSA) is 423 Å². The van der Waals surface area contributed by atoms with Crippen LogP contribution in [0.3, 0.4) is 0 Å². The molecule has 11 atom stereocenters. The van der Waals surface area contributed by atoms with Gasteiger partial charge >= 0.3 is 13.2 Å². The number of aliphatic hydroxyl groups is 2. The summed E-state index contributed by atoms with van der Waals surface area (Å²) in [6.45, 7) is 36.3. The number of thioether (sulfide) groups is 1. The number of aryl methyl sites for hydroxylation is 3. The third kappa shape index (κ3) is 27.8. The number of aromatic amines is 5. The van der Waals surface area contributed by atoms with Crippen LogP contribution in [-0.4, -0.2) is 230 Å². The molecule has 0 radical (unpaired) electrons. The number of ketones is 1. The number of Topliss-reactive ketones (excluding diaryl/α,β-unsaturated/α-hetero) is 1. The van der Waals surface area contributed by atoms with Crippen molar-refractivity contribution in [3.63, 3.8) is 0 Å². The van der Waals surface area contributed by atoms with Gasteiger partial charge in [0, 0.05) is 149 Å². The second kappa shape index (κ2) is 52.8. The smallest absolute Gasteiger partial charge is 0.444 e. The molecule has 8 aromatic rings. The summed E-state index contributed by atoms with van der Waals surface area (Å²) in [6, 6.07) is 7.11. The summed E-state index contributed by atoms with van der Waals surface area (Å²) in [6.07, 6.45) is 54.8. The number of carbonyl (C=O) groups excluding carboxylic acids is 2. The summed E-state index contributed by atoms with van der Waals surface area (Å²) in [5.74, 6) is 1.66. The molecular formula is C107H134BI4N23O7S2. The van der Waals surface area contributed by atoms with Crippen molar-refractivity contribution in [2.75, 3.05) is 58.8 Å². The van der Waals surface area contributed by atoms with Gasteiger partial charge in [0.1, 0.15) is 11.3 Å². The first-order valence-electron chi connectivity index (χ1n) is 49.0. The highest BCUT2D eigenvalue weighted by Gasteiger charge is 2.44. The first-order valence-corrected chi connectivity index (χ1v) is 55.9. The van der Waals surface area contributed by atoms with Gasteiger partial charge in [-0.15, -0.1) is 11.3 Å². The monoisotopic (exact) mass is 2440 g/mol. The number of aromatic nitrogens is 12. The number of nitrogens with one attached hydrogen (secondary N) is 10. The SMILES string of the molecule is C=Cc1[nH]nc(C(=O)CCCNCCN(C)CC)c1/C=C/N=C(/C=C/CCCC)c1cn[nH]c1C.C=Cc1[nH]ncc1-c1cnc(C2=CC(I)C(O)C(I)=C2)cc1CCN(C)C(=O)OC(C)(C)C.C=Cc1[nH]ncc1-c1cnc(C2=CC(I)C(O)C(I)=C2)cc1CCSC.CC1=NNC2C=CC3=C(C4=C(CC(N)CC4)C(c4cn[nH]c4C)N3)C12.CCCC1=C(C)C2=C(C=CC3NN=CC23)NC1c1cc(B(O)O)cs1. The Kier molecular flexibility index (Phi) is 40.9. The summed E-state index contributed by atoms with van der Waals surface area (Å²) in [5.41, 5.74) is 43.4. The minimum Gasteiger partial charge on any atom is -0.444 e. The predicted molar refractivity (Wildman–Crippen MR) is 623 cm³/mol. The van der Waals surface area contributed by atoms with Crippen molar-refractivity contribution in [1.82, 2.24) is 97.6 Å². The Bertz CT molecular complexity index is 6420. The first-order chi connectivity index (χ1) is 69.3. The molecule has 0 aromatic carbocycles. The maximum absolute atomic E-state index is 12.9. The fourth-order valence-electron chi connectivity index (χ4n) is 18.4. The normalized spacial score (nSPS) is 21.3. The van der Waals surface area contributed by atoms with E-state index in [0.717, 1.165) is 198 Å². The zero-order chi connectivity index (χ0) is 103. The van der Waals surface area contributed by atoms with E-state index in [2.05, 4.69) is 305 Å². The molecule has 762 valence electrons. The summed E-state index contributed by atoms with van der Waals surface area (Å²) < 4.78 is 7.33. The van der Waals surface area contributed by atoms with Crippen LogP contribution in [0.25, 0.3) is 57.7 Å². The van der Waals surface area contributed by atoms with Crippen molar-refractivity contribution in [2.45, 2.75) is 202 Å². The molecule has 0 saturated heterocycles. The molecule has 16 N–H and O–H groups in total. The number of unbranched alkanes of at least 4 members (excludes halogenated alkanes) is 2. The Morgan fingerprint density at radius 2 is 1.38 bits per heavy atom. The number of nitrogens with zero attached hydrogens (tertiary/aromatic N) is 12. The number of hydrazone groups is 2. The highest BCUT2D eigenvalue weighted by Crippen LogP contribution is 2.49. The number of nitrogens with two attached hydrogens (primary N) is 1. The Morgan fingerprint density at radius 1 is 0.743 bits per heavy atom. The number of alkyl halides is 2. The average Bonchev–Trinajstić information content (AvgIpc) is 1.49. The van der Waals surface area contributed by atoms with E-state index in [1.807, 2.05) is 118 Å². The zero-order valence-electron chi connectivity index (χ0n) is 84.1. The van der Waals surface area contributed by atoms with Crippen LogP contribution in [-0.2, 0) is 17.6 Å². The number of carbonyl (C=O) groups is 2. The molecule has 5 aliphatic carbocycles. The van der Waals surface area contributed by atoms with Gasteiger partial charge in [0.25, 0.3) is 0 Å². The van der Waals surface area contributed by atoms with Gasteiger partial charge in [0.15, 0.2) is 5.78 Å². The number of halogens is 4. The third-order valence-corrected chi connectivity index (χ3v) is 32.0. The first kappa shape index (κ1) is 112. The van der Waals surface area contributed by atoms with Gasteiger partial charge in [-0.2, -0.15) is 47.5 Å². The van der Waals surface area contributed by atoms with Crippen molar-refractivity contribution >= 4 is 191 Å². The third-order valence-electron chi connectivity index (χ3n) is 26.4. The standard InChI is InChI=1S/C27H41N7O.C24H28I2N4O3.C19H19I2N3OS.C19H24N6.C18H22BN3O2S/c1-6-9-10-11-13-25(23-20-30-31-21(23)4)29-17-15-22-24(7-2)32-33-27(22)26(35)14-12-16-28-18-19-34(5)8-3;1-6-20-17(13-28-29-20)16-12-27-21(15-9-18(25)22(31)19(26)10-15)11-14(16)7-8-30(5)23(32)33-24(2,3)4;1-3-17-14(10-23-24-17)13-9-22-18(8-11(13)4-5-26-2)12-6-15(20)19(25)16(21)7-12;1-9-14(8-21-23-9)19-13-7-11(20)3-4-12(13)18-15(22-19)5-6-16-17(18)10(2)24-25-16;1-3-4-12-10(2)17-13-8-20-22-14(13)5-6-15(17)21-18(12)16-7-11(9-25-16)19(23)24/h7,11,13,15,17,20,28H,2,6,8-10,12,14,16,18-19H2,1,3-5H3,(H,30,31)(H,32,33);6,9-13,18,22,31H,1,7-8H2,2-5H3,(H,28,29);3,6-10,15,19,25H,1,4-5H2,2H3,(H,23,24);5-6,8,11,16-17,19,22,25H,3-4,7,20H2,1-2H3,(H,21,23);5-9,13-14,18,21-24H,3-4H2,1-2H3/b13-11+,17-15+,29-25-;;;;. The molecule has 0 fully saturated rings. The van der Waals surface area contributed by atoms with Crippen molar-refractivity contribution in [3.8, 4) is 22.3 Å². The van der Waals surface area contributed by atoms with E-state index >= 15 is 0 Å². The lowest BCUT2D eigenvalue weighted by atomic mass is 9.70. The number of hydrogen-bond donors (Lipinski definition) is 15. The number of rotatable bonds is 34. The van der Waals surface area contributed by atoms with Gasteiger partial charge in [-0.05, 0) is 317 Å². The van der Waals surface area contributed by atoms with E-state index in [1.54, 1.807) is 60.1 Å². The Labute approximate surface area is 908 Å². The van der Waals surface area contributed by atoms with Crippen LogP contribution >= 0.6 is 113 Å². The van der Waals surface area contributed by atoms with Crippen LogP contribution in [0.5, 0.6) is 0 Å². The Hall–Kier alpha value is -9.65. The summed E-state index contributed by atoms with van der Waals surface area (Å²) in [4.78, 5) is 44.4. The van der Waals surface area contributed by atoms with E-state index in [0.29, 0.717) is 47.7 Å². The number of ether oxygens (including phenoxy) is 1. The molecule has 17 rings (SSSR count). The number of likely N-dealkylation sites (N-methyl/N-ethyl adjacent to an activating group) is 2. The number of H-pyrrole nitrogens is 5. The number of fused-ring (bicyclic) bond motifs is 5. The second-order valence-electron chi connectivity index (χ2n) is 37.7. The number of thiophene rings is 1. The van der Waals surface area contributed by atoms with Gasteiger partial charge < -0.3 is 67.3 Å². The second-order valence-corrected chi connectivity index (χ2v) is 45.0. The molecule has 12 heterocycles. The number of amides is 1. The molecule has 0 saturated carbocycles. The Morgan fingerprint density at radius 3 is 1.97 bits per heavy atom. The van der Waals surface area contributed by atoms with E-state index in [4.69, 9.17) is 20.4 Å². The molecule has 0 bridgehead atoms. The molecule has 9 aliphatic rings. The highest BCUT2D eigenvalue weighted by molar-refractivity contribution is 14.1. The molecule has 37 heteroatoms. The van der Waals surface area contributed by atoms with Crippen molar-refractivity contribution in [3.05, 3.63) is 278 Å².